The van der Waals surface area contributed by atoms with Crippen LogP contribution in [0.1, 0.15) is 18.4 Å². The summed E-state index contributed by atoms with van der Waals surface area (Å²) in [4.78, 5) is 7.02. The molecule has 0 aliphatic carbocycles. The average molecular weight is 266 g/mol. The lowest BCUT2D eigenvalue weighted by Crippen LogP contribution is -2.26. The summed E-state index contributed by atoms with van der Waals surface area (Å²) in [6.07, 6.45) is 2.62. The Kier molecular flexibility index (Phi) is 3.80. The molecule has 0 spiro atoms. The van der Waals surface area contributed by atoms with Crippen LogP contribution in [0.25, 0.3) is 10.9 Å². The van der Waals surface area contributed by atoms with Crippen molar-refractivity contribution in [2.24, 2.45) is 0 Å². The standard InChI is InChI=1S/C16H18N4/c17-12-13-11-16(18-7-10-20-8-3-4-9-20)19-15-6-2-1-5-14(13)15/h1-2,5-6,11H,3-4,7-10H2,(H,18,19). The van der Waals surface area contributed by atoms with Gasteiger partial charge in [0, 0.05) is 18.5 Å². The van der Waals surface area contributed by atoms with Crippen molar-refractivity contribution in [2.75, 3.05) is 31.5 Å². The molecule has 0 unspecified atom stereocenters. The van der Waals surface area contributed by atoms with Crippen molar-refractivity contribution in [3.63, 3.8) is 0 Å². The molecule has 4 nitrogen and oxygen atoms in total. The van der Waals surface area contributed by atoms with Gasteiger partial charge in [-0.2, -0.15) is 5.26 Å². The van der Waals surface area contributed by atoms with Gasteiger partial charge in [0.15, 0.2) is 0 Å². The molecule has 1 aliphatic rings. The van der Waals surface area contributed by atoms with E-state index < -0.39 is 0 Å². The van der Waals surface area contributed by atoms with Crippen molar-refractivity contribution in [3.05, 3.63) is 35.9 Å². The Balaban J connectivity index is 1.73. The molecule has 1 N–H and O–H groups in total. The highest BCUT2D eigenvalue weighted by Gasteiger charge is 2.10. The molecule has 102 valence electrons. The molecule has 2 aromatic rings. The van der Waals surface area contributed by atoms with E-state index in [1.54, 1.807) is 0 Å². The van der Waals surface area contributed by atoms with Crippen molar-refractivity contribution in [2.45, 2.75) is 12.8 Å². The molecule has 1 fully saturated rings. The smallest absolute Gasteiger partial charge is 0.128 e. The number of aromatic nitrogens is 1. The number of hydrogen-bond acceptors (Lipinski definition) is 4. The molecule has 1 aromatic carbocycles. The van der Waals surface area contributed by atoms with Crippen LogP contribution >= 0.6 is 0 Å². The normalized spacial score (nSPS) is 15.3. The zero-order chi connectivity index (χ0) is 13.8. The van der Waals surface area contributed by atoms with Gasteiger partial charge < -0.3 is 10.2 Å². The van der Waals surface area contributed by atoms with Gasteiger partial charge in [0.2, 0.25) is 0 Å². The molecule has 4 heteroatoms. The zero-order valence-electron chi connectivity index (χ0n) is 11.5. The lowest BCUT2D eigenvalue weighted by Gasteiger charge is -2.15. The fourth-order valence-corrected chi connectivity index (χ4v) is 2.71. The third kappa shape index (κ3) is 2.73. The molecule has 2 heterocycles. The predicted octanol–water partition coefficient (Wildman–Crippen LogP) is 2.61. The molecule has 1 aliphatic heterocycles. The summed E-state index contributed by atoms with van der Waals surface area (Å²) in [5.74, 6) is 0.791. The van der Waals surface area contributed by atoms with E-state index in [4.69, 9.17) is 0 Å². The van der Waals surface area contributed by atoms with E-state index in [2.05, 4.69) is 21.3 Å². The Labute approximate surface area is 119 Å². The Morgan fingerprint density at radius 3 is 2.85 bits per heavy atom. The van der Waals surface area contributed by atoms with Gasteiger partial charge in [-0.25, -0.2) is 4.98 Å². The number of anilines is 1. The first kappa shape index (κ1) is 12.9. The van der Waals surface area contributed by atoms with E-state index >= 15 is 0 Å². The maximum atomic E-state index is 9.24. The lowest BCUT2D eigenvalue weighted by atomic mass is 10.1. The van der Waals surface area contributed by atoms with Crippen LogP contribution in [0.3, 0.4) is 0 Å². The molecule has 0 saturated carbocycles. The van der Waals surface area contributed by atoms with Crippen LogP contribution in [0, 0.1) is 11.3 Å². The van der Waals surface area contributed by atoms with Crippen LogP contribution in [0.15, 0.2) is 30.3 Å². The van der Waals surface area contributed by atoms with Crippen LogP contribution in [0.4, 0.5) is 5.82 Å². The van der Waals surface area contributed by atoms with Crippen LogP contribution in [-0.2, 0) is 0 Å². The number of para-hydroxylation sites is 1. The fraction of sp³-hybridized carbons (Fsp3) is 0.375. The molecule has 20 heavy (non-hydrogen) atoms. The summed E-state index contributed by atoms with van der Waals surface area (Å²) < 4.78 is 0. The number of nitrogens with one attached hydrogen (secondary N) is 1. The maximum Gasteiger partial charge on any atom is 0.128 e. The molecule has 1 aromatic heterocycles. The highest BCUT2D eigenvalue weighted by atomic mass is 15.2. The number of fused-ring (bicyclic) bond motifs is 1. The second-order valence-corrected chi connectivity index (χ2v) is 5.16. The molecule has 0 atom stereocenters. The molecular formula is C16H18N4. The van der Waals surface area contributed by atoms with Gasteiger partial charge in [0.1, 0.15) is 5.82 Å². The van der Waals surface area contributed by atoms with Gasteiger partial charge in [-0.3, -0.25) is 0 Å². The minimum Gasteiger partial charge on any atom is -0.369 e. The van der Waals surface area contributed by atoms with E-state index in [1.807, 2.05) is 30.3 Å². The number of pyridine rings is 1. The second-order valence-electron chi connectivity index (χ2n) is 5.16. The molecule has 1 saturated heterocycles. The minimum absolute atomic E-state index is 0.680. The van der Waals surface area contributed by atoms with Crippen LogP contribution in [0.2, 0.25) is 0 Å². The third-order valence-corrected chi connectivity index (χ3v) is 3.77. The van der Waals surface area contributed by atoms with E-state index in [-0.39, 0.29) is 0 Å². The first-order valence-corrected chi connectivity index (χ1v) is 7.13. The number of benzene rings is 1. The molecule has 0 amide bonds. The minimum atomic E-state index is 0.680. The van der Waals surface area contributed by atoms with Gasteiger partial charge in [-0.1, -0.05) is 18.2 Å². The average Bonchev–Trinajstić information content (AvgIpc) is 2.99. The number of rotatable bonds is 4. The first-order chi connectivity index (χ1) is 9.86. The van der Waals surface area contributed by atoms with Crippen LogP contribution in [-0.4, -0.2) is 36.1 Å². The fourth-order valence-electron chi connectivity index (χ4n) is 2.71. The SMILES string of the molecule is N#Cc1cc(NCCN2CCCC2)nc2ccccc12. The Morgan fingerprint density at radius 2 is 2.05 bits per heavy atom. The molecule has 0 bridgehead atoms. The molecule has 3 rings (SSSR count). The quantitative estimate of drug-likeness (QED) is 0.924. The number of hydrogen-bond donors (Lipinski definition) is 1. The Morgan fingerprint density at radius 1 is 1.25 bits per heavy atom. The Hall–Kier alpha value is -2.12. The summed E-state index contributed by atoms with van der Waals surface area (Å²) in [5, 5.41) is 13.5. The predicted molar refractivity (Wildman–Crippen MR) is 80.6 cm³/mol. The van der Waals surface area contributed by atoms with Crippen LogP contribution < -0.4 is 5.32 Å². The summed E-state index contributed by atoms with van der Waals surface area (Å²) >= 11 is 0. The topological polar surface area (TPSA) is 52.0 Å². The summed E-state index contributed by atoms with van der Waals surface area (Å²) in [6.45, 7) is 4.32. The van der Waals surface area contributed by atoms with Gasteiger partial charge >= 0.3 is 0 Å². The van der Waals surface area contributed by atoms with E-state index in [9.17, 15) is 5.26 Å². The van der Waals surface area contributed by atoms with Gasteiger partial charge in [0.25, 0.3) is 0 Å². The number of nitrogens with zero attached hydrogens (tertiary/aromatic N) is 3. The number of nitriles is 1. The Bertz CT molecular complexity index is 638. The third-order valence-electron chi connectivity index (χ3n) is 3.77. The summed E-state index contributed by atoms with van der Waals surface area (Å²) in [7, 11) is 0. The van der Waals surface area contributed by atoms with Crippen molar-refractivity contribution in [1.29, 1.82) is 5.26 Å². The zero-order valence-corrected chi connectivity index (χ0v) is 11.5. The van der Waals surface area contributed by atoms with Crippen molar-refractivity contribution in [3.8, 4) is 6.07 Å². The second kappa shape index (κ2) is 5.89. The highest BCUT2D eigenvalue weighted by molar-refractivity contribution is 5.86. The van der Waals surface area contributed by atoms with E-state index in [0.29, 0.717) is 5.56 Å². The lowest BCUT2D eigenvalue weighted by molar-refractivity contribution is 0.352. The van der Waals surface area contributed by atoms with E-state index in [1.165, 1.54) is 25.9 Å². The van der Waals surface area contributed by atoms with Crippen molar-refractivity contribution < 1.29 is 0 Å². The van der Waals surface area contributed by atoms with Crippen LogP contribution in [0.5, 0.6) is 0 Å². The van der Waals surface area contributed by atoms with Gasteiger partial charge in [0.05, 0.1) is 17.1 Å². The summed E-state index contributed by atoms with van der Waals surface area (Å²) in [6, 6.07) is 11.9. The van der Waals surface area contributed by atoms with Crippen molar-refractivity contribution >= 4 is 16.7 Å². The largest absolute Gasteiger partial charge is 0.369 e. The maximum absolute atomic E-state index is 9.24. The monoisotopic (exact) mass is 266 g/mol. The van der Waals surface area contributed by atoms with Gasteiger partial charge in [-0.05, 0) is 38.1 Å². The number of likely N-dealkylation sites (tertiary alicyclic amines) is 1. The summed E-state index contributed by atoms with van der Waals surface area (Å²) in [5.41, 5.74) is 1.55. The van der Waals surface area contributed by atoms with Crippen molar-refractivity contribution in [1.82, 2.24) is 9.88 Å². The molecular weight excluding hydrogens is 248 g/mol. The van der Waals surface area contributed by atoms with E-state index in [0.717, 1.165) is 29.8 Å². The highest BCUT2D eigenvalue weighted by Crippen LogP contribution is 2.19. The first-order valence-electron chi connectivity index (χ1n) is 7.13. The molecule has 0 radical (unpaired) electrons. The van der Waals surface area contributed by atoms with Gasteiger partial charge in [-0.15, -0.1) is 0 Å².